The standard InChI is InChI=1S/C14H13FN2O3/c1-8(2)11-7-17(10-5-3-9(15)4-6-10)16-12(13(11)18)14(19)20/h3-8H,1-2H3,(H,19,20). The first-order valence-corrected chi connectivity index (χ1v) is 6.03. The lowest BCUT2D eigenvalue weighted by molar-refractivity contribution is 0.0686. The van der Waals surface area contributed by atoms with Crippen LogP contribution in [0.25, 0.3) is 5.69 Å². The van der Waals surface area contributed by atoms with E-state index < -0.39 is 22.9 Å². The van der Waals surface area contributed by atoms with E-state index in [2.05, 4.69) is 5.10 Å². The zero-order valence-corrected chi connectivity index (χ0v) is 11.0. The van der Waals surface area contributed by atoms with Gasteiger partial charge in [0.1, 0.15) is 5.82 Å². The van der Waals surface area contributed by atoms with E-state index in [1.807, 2.05) is 0 Å². The Kier molecular flexibility index (Phi) is 3.65. The number of carboxylic acid groups (broad SMARTS) is 1. The van der Waals surface area contributed by atoms with Gasteiger partial charge in [-0.05, 0) is 30.2 Å². The third-order valence-electron chi connectivity index (χ3n) is 2.86. The normalized spacial score (nSPS) is 10.8. The van der Waals surface area contributed by atoms with Gasteiger partial charge in [-0.1, -0.05) is 13.8 Å². The van der Waals surface area contributed by atoms with Crippen LogP contribution in [0.15, 0.2) is 35.3 Å². The average molecular weight is 276 g/mol. The molecular formula is C14H13FN2O3. The molecule has 1 N–H and O–H groups in total. The van der Waals surface area contributed by atoms with Gasteiger partial charge in [0.05, 0.1) is 5.69 Å². The first-order chi connectivity index (χ1) is 9.40. The molecule has 0 unspecified atom stereocenters. The van der Waals surface area contributed by atoms with Crippen LogP contribution in [0.4, 0.5) is 4.39 Å². The lowest BCUT2D eigenvalue weighted by Gasteiger charge is -2.11. The molecule has 0 spiro atoms. The number of carboxylic acids is 1. The number of rotatable bonds is 3. The molecule has 6 heteroatoms. The maximum absolute atomic E-state index is 12.9. The molecule has 1 heterocycles. The molecule has 0 bridgehead atoms. The minimum atomic E-state index is -1.38. The Morgan fingerprint density at radius 3 is 2.40 bits per heavy atom. The molecule has 0 atom stereocenters. The predicted molar refractivity (Wildman–Crippen MR) is 70.8 cm³/mol. The highest BCUT2D eigenvalue weighted by Gasteiger charge is 2.18. The number of hydrogen-bond donors (Lipinski definition) is 1. The molecule has 0 saturated heterocycles. The largest absolute Gasteiger partial charge is 0.476 e. The molecule has 104 valence electrons. The van der Waals surface area contributed by atoms with Crippen molar-refractivity contribution in [3.8, 4) is 5.69 Å². The summed E-state index contributed by atoms with van der Waals surface area (Å²) in [6.45, 7) is 3.58. The van der Waals surface area contributed by atoms with E-state index in [0.29, 0.717) is 11.3 Å². The van der Waals surface area contributed by atoms with Crippen LogP contribution in [0.5, 0.6) is 0 Å². The Bertz CT molecular complexity index is 705. The lowest BCUT2D eigenvalue weighted by atomic mass is 10.0. The van der Waals surface area contributed by atoms with Gasteiger partial charge < -0.3 is 5.11 Å². The van der Waals surface area contributed by atoms with Crippen molar-refractivity contribution >= 4 is 5.97 Å². The second kappa shape index (κ2) is 5.24. The Morgan fingerprint density at radius 1 is 1.30 bits per heavy atom. The number of nitrogens with zero attached hydrogens (tertiary/aromatic N) is 2. The smallest absolute Gasteiger partial charge is 0.360 e. The van der Waals surface area contributed by atoms with Crippen LogP contribution in [0.1, 0.15) is 35.8 Å². The Morgan fingerprint density at radius 2 is 1.90 bits per heavy atom. The molecule has 2 aromatic rings. The minimum Gasteiger partial charge on any atom is -0.476 e. The van der Waals surface area contributed by atoms with E-state index >= 15 is 0 Å². The third kappa shape index (κ3) is 2.59. The van der Waals surface area contributed by atoms with Crippen molar-refractivity contribution < 1.29 is 14.3 Å². The highest BCUT2D eigenvalue weighted by Crippen LogP contribution is 2.13. The van der Waals surface area contributed by atoms with Crippen LogP contribution in [0, 0.1) is 5.82 Å². The van der Waals surface area contributed by atoms with E-state index in [9.17, 15) is 14.0 Å². The average Bonchev–Trinajstić information content (AvgIpc) is 2.39. The van der Waals surface area contributed by atoms with Crippen molar-refractivity contribution in [1.29, 1.82) is 0 Å². The fourth-order valence-corrected chi connectivity index (χ4v) is 1.79. The van der Waals surface area contributed by atoms with Crippen LogP contribution in [0.2, 0.25) is 0 Å². The molecule has 0 aliphatic carbocycles. The van der Waals surface area contributed by atoms with Crippen molar-refractivity contribution in [3.63, 3.8) is 0 Å². The van der Waals surface area contributed by atoms with Gasteiger partial charge >= 0.3 is 5.97 Å². The molecular weight excluding hydrogens is 263 g/mol. The first-order valence-electron chi connectivity index (χ1n) is 6.03. The van der Waals surface area contributed by atoms with Gasteiger partial charge in [0, 0.05) is 11.8 Å². The van der Waals surface area contributed by atoms with Gasteiger partial charge in [-0.25, -0.2) is 13.9 Å². The summed E-state index contributed by atoms with van der Waals surface area (Å²) in [6, 6.07) is 5.40. The molecule has 5 nitrogen and oxygen atoms in total. The summed E-state index contributed by atoms with van der Waals surface area (Å²) in [5.74, 6) is -1.93. The highest BCUT2D eigenvalue weighted by molar-refractivity contribution is 5.85. The van der Waals surface area contributed by atoms with Crippen molar-refractivity contribution in [2.75, 3.05) is 0 Å². The number of carbonyl (C=O) groups is 1. The molecule has 0 saturated carbocycles. The molecule has 0 aliphatic rings. The molecule has 0 aliphatic heterocycles. The van der Waals surface area contributed by atoms with Crippen LogP contribution < -0.4 is 5.43 Å². The lowest BCUT2D eigenvalue weighted by Crippen LogP contribution is -2.25. The van der Waals surface area contributed by atoms with Gasteiger partial charge in [0.2, 0.25) is 11.1 Å². The summed E-state index contributed by atoms with van der Waals surface area (Å²) in [6.07, 6.45) is 1.48. The van der Waals surface area contributed by atoms with E-state index in [4.69, 9.17) is 5.11 Å². The Hall–Kier alpha value is -2.50. The van der Waals surface area contributed by atoms with Crippen molar-refractivity contribution in [1.82, 2.24) is 9.78 Å². The van der Waals surface area contributed by atoms with Gasteiger partial charge in [-0.3, -0.25) is 4.79 Å². The van der Waals surface area contributed by atoms with E-state index in [1.54, 1.807) is 13.8 Å². The third-order valence-corrected chi connectivity index (χ3v) is 2.86. The van der Waals surface area contributed by atoms with Gasteiger partial charge in [0.15, 0.2) is 0 Å². The number of halogens is 1. The van der Waals surface area contributed by atoms with Crippen molar-refractivity contribution in [2.24, 2.45) is 0 Å². The summed E-state index contributed by atoms with van der Waals surface area (Å²) in [5.41, 5.74) is -0.302. The van der Waals surface area contributed by atoms with Crippen molar-refractivity contribution in [2.45, 2.75) is 19.8 Å². The van der Waals surface area contributed by atoms with Gasteiger partial charge in [-0.2, -0.15) is 5.10 Å². The topological polar surface area (TPSA) is 72.2 Å². The monoisotopic (exact) mass is 276 g/mol. The summed E-state index contributed by atoms with van der Waals surface area (Å²) < 4.78 is 14.2. The summed E-state index contributed by atoms with van der Waals surface area (Å²) in [7, 11) is 0. The first kappa shape index (κ1) is 13.9. The van der Waals surface area contributed by atoms with Gasteiger partial charge in [0.25, 0.3) is 0 Å². The quantitative estimate of drug-likeness (QED) is 0.932. The predicted octanol–water partition coefficient (Wildman–Crippen LogP) is 2.19. The maximum atomic E-state index is 12.9. The number of benzene rings is 1. The fourth-order valence-electron chi connectivity index (χ4n) is 1.79. The molecule has 0 amide bonds. The van der Waals surface area contributed by atoms with Crippen LogP contribution in [-0.2, 0) is 0 Å². The zero-order chi connectivity index (χ0) is 14.9. The highest BCUT2D eigenvalue weighted by atomic mass is 19.1. The molecule has 0 radical (unpaired) electrons. The molecule has 1 aromatic carbocycles. The van der Waals surface area contributed by atoms with Crippen LogP contribution in [-0.4, -0.2) is 20.9 Å². The molecule has 20 heavy (non-hydrogen) atoms. The second-order valence-corrected chi connectivity index (χ2v) is 4.64. The molecule has 0 fully saturated rings. The molecule has 1 aromatic heterocycles. The van der Waals surface area contributed by atoms with E-state index in [1.165, 1.54) is 35.1 Å². The summed E-state index contributed by atoms with van der Waals surface area (Å²) >= 11 is 0. The zero-order valence-electron chi connectivity index (χ0n) is 11.0. The SMILES string of the molecule is CC(C)c1cn(-c2ccc(F)cc2)nc(C(=O)O)c1=O. The summed E-state index contributed by atoms with van der Waals surface area (Å²) in [4.78, 5) is 23.1. The Labute approximate surface area is 114 Å². The van der Waals surface area contributed by atoms with Crippen LogP contribution in [0.3, 0.4) is 0 Å². The summed E-state index contributed by atoms with van der Waals surface area (Å²) in [5, 5.41) is 12.8. The number of aromatic carboxylic acids is 1. The number of hydrogen-bond acceptors (Lipinski definition) is 3. The van der Waals surface area contributed by atoms with Crippen molar-refractivity contribution in [3.05, 3.63) is 57.8 Å². The number of aromatic nitrogens is 2. The maximum Gasteiger partial charge on any atom is 0.360 e. The van der Waals surface area contributed by atoms with E-state index in [-0.39, 0.29) is 5.92 Å². The second-order valence-electron chi connectivity index (χ2n) is 4.64. The fraction of sp³-hybridized carbons (Fsp3) is 0.214. The minimum absolute atomic E-state index is 0.143. The van der Waals surface area contributed by atoms with Gasteiger partial charge in [-0.15, -0.1) is 0 Å². The van der Waals surface area contributed by atoms with E-state index in [0.717, 1.165) is 0 Å². The molecule has 2 rings (SSSR count). The van der Waals surface area contributed by atoms with Crippen LogP contribution >= 0.6 is 0 Å². The Balaban J connectivity index is 2.68.